The third kappa shape index (κ3) is 5.11. The Morgan fingerprint density at radius 1 is 0.778 bits per heavy atom. The summed E-state index contributed by atoms with van der Waals surface area (Å²) in [7, 11) is 0.111. The van der Waals surface area contributed by atoms with Gasteiger partial charge in [-0.25, -0.2) is 0 Å². The number of aryl methyl sites for hydroxylation is 2. The van der Waals surface area contributed by atoms with E-state index in [1.807, 2.05) is 68.4 Å². The SMILES string of the molecule is Cc1cc(C)c(C(=O)Pc2ccc(Oc3ccccc3)cc2)c(C)c1C.[LiH]. The summed E-state index contributed by atoms with van der Waals surface area (Å²) in [5, 5.41) is 1.02. The maximum atomic E-state index is 12.9. The molecule has 2 nitrogen and oxygen atoms in total. The average molecular weight is 370 g/mol. The number of rotatable bonds is 5. The number of hydrogen-bond acceptors (Lipinski definition) is 2. The van der Waals surface area contributed by atoms with Crippen molar-refractivity contribution in [2.24, 2.45) is 0 Å². The molecule has 0 bridgehead atoms. The molecule has 134 valence electrons. The van der Waals surface area contributed by atoms with Gasteiger partial charge in [-0.05, 0) is 88.1 Å². The molecular formula is C23H24LiO2P. The van der Waals surface area contributed by atoms with Crippen LogP contribution < -0.4 is 10.0 Å². The van der Waals surface area contributed by atoms with Crippen molar-refractivity contribution in [1.82, 2.24) is 0 Å². The number of ether oxygens (including phenoxy) is 1. The average Bonchev–Trinajstić information content (AvgIpc) is 2.62. The number of hydrogen-bond donors (Lipinski definition) is 0. The van der Waals surface area contributed by atoms with E-state index in [1.54, 1.807) is 0 Å². The van der Waals surface area contributed by atoms with Crippen molar-refractivity contribution in [3.63, 3.8) is 0 Å². The standard InChI is InChI=1S/C23H23O2P.Li.H/c1-15-14-16(2)22(18(4)17(15)3)23(24)26-21-12-10-20(11-13-21)25-19-8-6-5-7-9-19;;/h5-14,26H,1-4H3;;. The van der Waals surface area contributed by atoms with Gasteiger partial charge in [-0.15, -0.1) is 0 Å². The van der Waals surface area contributed by atoms with Crippen LogP contribution in [0.2, 0.25) is 0 Å². The number of carbonyl (C=O) groups excluding carboxylic acids is 1. The first-order valence-electron chi connectivity index (χ1n) is 8.67. The minimum atomic E-state index is 0. The molecule has 0 N–H and O–H groups in total. The van der Waals surface area contributed by atoms with Crippen LogP contribution in [0.15, 0.2) is 60.7 Å². The Kier molecular flexibility index (Phi) is 7.46. The molecule has 0 saturated carbocycles. The van der Waals surface area contributed by atoms with Gasteiger partial charge in [-0.1, -0.05) is 36.4 Å². The van der Waals surface area contributed by atoms with E-state index >= 15 is 0 Å². The molecule has 3 aromatic carbocycles. The van der Waals surface area contributed by atoms with Gasteiger partial charge in [-0.3, -0.25) is 4.79 Å². The summed E-state index contributed by atoms with van der Waals surface area (Å²) < 4.78 is 5.81. The zero-order valence-electron chi connectivity index (χ0n) is 15.6. The van der Waals surface area contributed by atoms with E-state index in [2.05, 4.69) is 19.9 Å². The van der Waals surface area contributed by atoms with E-state index in [9.17, 15) is 4.79 Å². The molecule has 0 radical (unpaired) electrons. The van der Waals surface area contributed by atoms with Crippen LogP contribution >= 0.6 is 8.58 Å². The van der Waals surface area contributed by atoms with E-state index in [-0.39, 0.29) is 33.0 Å². The first kappa shape index (κ1) is 21.5. The molecule has 0 aliphatic rings. The van der Waals surface area contributed by atoms with Gasteiger partial charge in [0.1, 0.15) is 11.5 Å². The first-order chi connectivity index (χ1) is 12.5. The van der Waals surface area contributed by atoms with Gasteiger partial charge in [0.2, 0.25) is 0 Å². The van der Waals surface area contributed by atoms with Gasteiger partial charge in [0, 0.05) is 5.56 Å². The Hall–Kier alpha value is -1.84. The van der Waals surface area contributed by atoms with Crippen LogP contribution in [0.3, 0.4) is 0 Å². The summed E-state index contributed by atoms with van der Waals surface area (Å²) in [4.78, 5) is 12.9. The third-order valence-corrected chi connectivity index (χ3v) is 5.77. The summed E-state index contributed by atoms with van der Waals surface area (Å²) >= 11 is 0. The fraction of sp³-hybridized carbons (Fsp3) is 0.174. The van der Waals surface area contributed by atoms with Crippen LogP contribution in [-0.2, 0) is 0 Å². The van der Waals surface area contributed by atoms with Crippen LogP contribution in [0.5, 0.6) is 11.5 Å². The van der Waals surface area contributed by atoms with Crippen molar-refractivity contribution in [2.75, 3.05) is 0 Å². The van der Waals surface area contributed by atoms with Gasteiger partial charge >= 0.3 is 18.9 Å². The molecule has 0 aliphatic carbocycles. The van der Waals surface area contributed by atoms with E-state index in [4.69, 9.17) is 4.74 Å². The van der Waals surface area contributed by atoms with E-state index in [0.717, 1.165) is 33.5 Å². The fourth-order valence-electron chi connectivity index (χ4n) is 3.06. The van der Waals surface area contributed by atoms with Gasteiger partial charge < -0.3 is 4.74 Å². The second-order valence-electron chi connectivity index (χ2n) is 6.53. The molecule has 1 unspecified atom stereocenters. The third-order valence-electron chi connectivity index (χ3n) is 4.67. The Morgan fingerprint density at radius 3 is 2.00 bits per heavy atom. The van der Waals surface area contributed by atoms with Crippen molar-refractivity contribution in [1.29, 1.82) is 0 Å². The normalized spacial score (nSPS) is 10.7. The number of benzene rings is 3. The van der Waals surface area contributed by atoms with Crippen molar-refractivity contribution in [3.8, 4) is 11.5 Å². The number of para-hydroxylation sites is 1. The van der Waals surface area contributed by atoms with Gasteiger partial charge in [-0.2, -0.15) is 0 Å². The summed E-state index contributed by atoms with van der Waals surface area (Å²) in [6, 6.07) is 19.6. The zero-order valence-corrected chi connectivity index (χ0v) is 16.6. The van der Waals surface area contributed by atoms with E-state index in [0.29, 0.717) is 0 Å². The maximum absolute atomic E-state index is 12.9. The minimum absolute atomic E-state index is 0. The summed E-state index contributed by atoms with van der Waals surface area (Å²) in [6.07, 6.45) is 0. The van der Waals surface area contributed by atoms with Gasteiger partial charge in [0.25, 0.3) is 0 Å². The predicted molar refractivity (Wildman–Crippen MR) is 118 cm³/mol. The molecule has 3 aromatic rings. The molecular weight excluding hydrogens is 346 g/mol. The molecule has 0 spiro atoms. The van der Waals surface area contributed by atoms with E-state index in [1.165, 1.54) is 11.1 Å². The van der Waals surface area contributed by atoms with Crippen LogP contribution in [0.1, 0.15) is 32.6 Å². The molecule has 0 heterocycles. The Balaban J connectivity index is 0.00000261. The van der Waals surface area contributed by atoms with Crippen molar-refractivity contribution in [2.45, 2.75) is 27.7 Å². The second-order valence-corrected chi connectivity index (χ2v) is 7.81. The summed E-state index contributed by atoms with van der Waals surface area (Å²) in [5.41, 5.74) is 5.67. The molecule has 0 fully saturated rings. The molecule has 0 amide bonds. The van der Waals surface area contributed by atoms with Crippen molar-refractivity contribution < 1.29 is 9.53 Å². The molecule has 0 aliphatic heterocycles. The number of carbonyl (C=O) groups is 1. The van der Waals surface area contributed by atoms with Crippen LogP contribution in [0, 0.1) is 27.7 Å². The van der Waals surface area contributed by atoms with Crippen molar-refractivity contribution >= 4 is 38.3 Å². The molecule has 1 atom stereocenters. The first-order valence-corrected chi connectivity index (χ1v) is 9.67. The van der Waals surface area contributed by atoms with Gasteiger partial charge in [0.05, 0.1) is 0 Å². The molecule has 0 saturated heterocycles. The van der Waals surface area contributed by atoms with Crippen LogP contribution in [0.4, 0.5) is 0 Å². The molecule has 4 heteroatoms. The Bertz CT molecular complexity index is 935. The van der Waals surface area contributed by atoms with E-state index < -0.39 is 0 Å². The topological polar surface area (TPSA) is 26.3 Å². The quantitative estimate of drug-likeness (QED) is 0.455. The van der Waals surface area contributed by atoms with Crippen LogP contribution in [-0.4, -0.2) is 24.4 Å². The Morgan fingerprint density at radius 2 is 1.37 bits per heavy atom. The molecule has 27 heavy (non-hydrogen) atoms. The second kappa shape index (κ2) is 9.38. The summed E-state index contributed by atoms with van der Waals surface area (Å²) in [5.74, 6) is 1.58. The predicted octanol–water partition coefficient (Wildman–Crippen LogP) is 5.21. The van der Waals surface area contributed by atoms with Crippen LogP contribution in [0.25, 0.3) is 0 Å². The van der Waals surface area contributed by atoms with Gasteiger partial charge in [0.15, 0.2) is 5.52 Å². The fourth-order valence-corrected chi connectivity index (χ4v) is 4.16. The zero-order chi connectivity index (χ0) is 18.7. The van der Waals surface area contributed by atoms with Crippen molar-refractivity contribution in [3.05, 3.63) is 88.5 Å². The molecule has 3 rings (SSSR count). The molecule has 0 aromatic heterocycles. The summed E-state index contributed by atoms with van der Waals surface area (Å²) in [6.45, 7) is 8.24. The monoisotopic (exact) mass is 370 g/mol. The Labute approximate surface area is 175 Å².